The number of hydrogen-bond donors (Lipinski definition) is 1. The van der Waals surface area contributed by atoms with E-state index < -0.39 is 5.92 Å². The molecule has 6 nitrogen and oxygen atoms in total. The zero-order valence-corrected chi connectivity index (χ0v) is 19.7. The minimum atomic E-state index is -0.424. The lowest BCUT2D eigenvalue weighted by molar-refractivity contribution is -0.116. The molecule has 1 N–H and O–H groups in total. The van der Waals surface area contributed by atoms with Gasteiger partial charge in [0.2, 0.25) is 5.91 Å². The Balaban J connectivity index is 1.45. The number of rotatable bonds is 7. The molecule has 0 spiro atoms. The van der Waals surface area contributed by atoms with Crippen LogP contribution in [0.3, 0.4) is 0 Å². The average molecular weight is 463 g/mol. The minimum Gasteiger partial charge on any atom is -0.494 e. The van der Waals surface area contributed by atoms with Gasteiger partial charge in [0, 0.05) is 5.69 Å². The molecule has 0 bridgehead atoms. The van der Waals surface area contributed by atoms with E-state index in [-0.39, 0.29) is 5.91 Å². The van der Waals surface area contributed by atoms with Crippen LogP contribution in [0.2, 0.25) is 0 Å². The molecule has 1 amide bonds. The van der Waals surface area contributed by atoms with Crippen molar-refractivity contribution in [1.29, 1.82) is 0 Å². The molecule has 0 saturated carbocycles. The van der Waals surface area contributed by atoms with Crippen LogP contribution in [0.25, 0.3) is 16.7 Å². The summed E-state index contributed by atoms with van der Waals surface area (Å²) in [6, 6.07) is 31.1. The fourth-order valence-electron chi connectivity index (χ4n) is 4.15. The van der Waals surface area contributed by atoms with E-state index in [1.807, 2.05) is 111 Å². The minimum absolute atomic E-state index is 0.0937. The topological polar surface area (TPSA) is 69.0 Å². The maximum atomic E-state index is 13.5. The Hall–Kier alpha value is -4.45. The molecule has 1 aromatic heterocycles. The van der Waals surface area contributed by atoms with E-state index in [0.717, 1.165) is 39.3 Å². The Labute approximate surface area is 204 Å². The first-order chi connectivity index (χ1) is 17.1. The number of nitrogens with one attached hydrogen (secondary N) is 1. The summed E-state index contributed by atoms with van der Waals surface area (Å²) in [4.78, 5) is 15.1. The van der Waals surface area contributed by atoms with Gasteiger partial charge in [-0.2, -0.15) is 4.80 Å². The van der Waals surface area contributed by atoms with Gasteiger partial charge >= 0.3 is 0 Å². The van der Waals surface area contributed by atoms with Crippen LogP contribution in [-0.4, -0.2) is 27.5 Å². The van der Waals surface area contributed by atoms with Crippen molar-refractivity contribution in [2.45, 2.75) is 19.8 Å². The second-order valence-electron chi connectivity index (χ2n) is 8.32. The molecule has 0 aliphatic rings. The van der Waals surface area contributed by atoms with Crippen LogP contribution in [0.1, 0.15) is 29.5 Å². The first kappa shape index (κ1) is 22.3. The largest absolute Gasteiger partial charge is 0.494 e. The second kappa shape index (κ2) is 9.81. The molecule has 0 aliphatic carbocycles. The number of ether oxygens (including phenoxy) is 1. The van der Waals surface area contributed by atoms with Gasteiger partial charge in [0.25, 0.3) is 0 Å². The molecular formula is C29H26N4O2. The summed E-state index contributed by atoms with van der Waals surface area (Å²) in [6.07, 6.45) is 0. The monoisotopic (exact) mass is 462 g/mol. The van der Waals surface area contributed by atoms with Gasteiger partial charge in [-0.3, -0.25) is 4.79 Å². The van der Waals surface area contributed by atoms with Crippen LogP contribution < -0.4 is 10.1 Å². The number of nitrogens with zero attached hydrogens (tertiary/aromatic N) is 3. The van der Waals surface area contributed by atoms with E-state index in [0.29, 0.717) is 12.1 Å². The number of hydrogen-bond acceptors (Lipinski definition) is 4. The number of fused-ring (bicyclic) bond motifs is 1. The third kappa shape index (κ3) is 4.77. The number of aryl methyl sites for hydroxylation is 1. The maximum Gasteiger partial charge on any atom is 0.236 e. The van der Waals surface area contributed by atoms with E-state index in [4.69, 9.17) is 4.74 Å². The third-order valence-corrected chi connectivity index (χ3v) is 5.89. The van der Waals surface area contributed by atoms with Crippen molar-refractivity contribution in [3.8, 4) is 11.4 Å². The van der Waals surface area contributed by atoms with Crippen molar-refractivity contribution in [3.05, 3.63) is 114 Å². The zero-order valence-electron chi connectivity index (χ0n) is 19.7. The molecule has 0 unspecified atom stereocenters. The van der Waals surface area contributed by atoms with Crippen LogP contribution in [-0.2, 0) is 4.79 Å². The van der Waals surface area contributed by atoms with Crippen molar-refractivity contribution in [2.24, 2.45) is 0 Å². The summed E-state index contributed by atoms with van der Waals surface area (Å²) < 4.78 is 5.52. The summed E-state index contributed by atoms with van der Waals surface area (Å²) >= 11 is 0. The Kier molecular flexibility index (Phi) is 6.26. The molecule has 35 heavy (non-hydrogen) atoms. The van der Waals surface area contributed by atoms with E-state index in [9.17, 15) is 4.79 Å². The number of carbonyl (C=O) groups excluding carboxylic acids is 1. The predicted octanol–water partition coefficient (Wildman–Crippen LogP) is 5.90. The van der Waals surface area contributed by atoms with Crippen LogP contribution in [0, 0.1) is 6.92 Å². The lowest BCUT2D eigenvalue weighted by Crippen LogP contribution is -2.22. The van der Waals surface area contributed by atoms with Gasteiger partial charge in [-0.25, -0.2) is 0 Å². The van der Waals surface area contributed by atoms with Crippen molar-refractivity contribution in [3.63, 3.8) is 0 Å². The number of anilines is 1. The fraction of sp³-hybridized carbons (Fsp3) is 0.138. The molecule has 0 aliphatic heterocycles. The second-order valence-corrected chi connectivity index (χ2v) is 8.32. The number of carbonyl (C=O) groups is 1. The molecule has 174 valence electrons. The van der Waals surface area contributed by atoms with Crippen LogP contribution >= 0.6 is 0 Å². The fourth-order valence-corrected chi connectivity index (χ4v) is 4.15. The molecule has 4 aromatic carbocycles. The smallest absolute Gasteiger partial charge is 0.236 e. The molecule has 5 aromatic rings. The van der Waals surface area contributed by atoms with E-state index in [1.54, 1.807) is 4.80 Å². The van der Waals surface area contributed by atoms with Gasteiger partial charge in [-0.1, -0.05) is 60.7 Å². The summed E-state index contributed by atoms with van der Waals surface area (Å²) in [6.45, 7) is 4.54. The molecule has 0 fully saturated rings. The summed E-state index contributed by atoms with van der Waals surface area (Å²) in [5.74, 6) is 0.288. The van der Waals surface area contributed by atoms with E-state index in [2.05, 4.69) is 15.5 Å². The highest BCUT2D eigenvalue weighted by Gasteiger charge is 2.23. The lowest BCUT2D eigenvalue weighted by Gasteiger charge is -2.18. The SMILES string of the molecule is CCOc1ccc(-n2nc3cc(C)c(NC(=O)C(c4ccccc4)c4ccccc4)cc3n2)cc1. The zero-order chi connectivity index (χ0) is 24.2. The van der Waals surface area contributed by atoms with Crippen molar-refractivity contribution >= 4 is 22.6 Å². The standard InChI is InChI=1S/C29H26N4O2/c1-3-35-24-16-14-23(15-17-24)33-31-26-18-20(2)25(19-27(26)32-33)30-29(34)28(21-10-6-4-7-11-21)22-12-8-5-9-13-22/h4-19,28H,3H2,1-2H3,(H,30,34). The molecule has 0 atom stereocenters. The molecule has 0 saturated heterocycles. The number of amides is 1. The van der Waals surface area contributed by atoms with Gasteiger partial charge in [-0.05, 0) is 66.9 Å². The number of benzene rings is 4. The third-order valence-electron chi connectivity index (χ3n) is 5.89. The molecule has 1 heterocycles. The van der Waals surface area contributed by atoms with Gasteiger partial charge in [0.05, 0.1) is 18.2 Å². The Morgan fingerprint density at radius 1 is 0.857 bits per heavy atom. The van der Waals surface area contributed by atoms with Crippen LogP contribution in [0.5, 0.6) is 5.75 Å². The first-order valence-corrected chi connectivity index (χ1v) is 11.6. The lowest BCUT2D eigenvalue weighted by atomic mass is 9.90. The molecule has 6 heteroatoms. The normalized spacial score (nSPS) is 11.1. The number of aromatic nitrogens is 3. The molecular weight excluding hydrogens is 436 g/mol. The maximum absolute atomic E-state index is 13.5. The quantitative estimate of drug-likeness (QED) is 0.327. The summed E-state index contributed by atoms with van der Waals surface area (Å²) in [5, 5.41) is 12.4. The Morgan fingerprint density at radius 2 is 1.43 bits per heavy atom. The Morgan fingerprint density at radius 3 is 2.00 bits per heavy atom. The first-order valence-electron chi connectivity index (χ1n) is 11.6. The van der Waals surface area contributed by atoms with E-state index >= 15 is 0 Å². The summed E-state index contributed by atoms with van der Waals surface area (Å²) in [7, 11) is 0. The van der Waals surface area contributed by atoms with Crippen LogP contribution in [0.4, 0.5) is 5.69 Å². The van der Waals surface area contributed by atoms with Gasteiger partial charge in [0.15, 0.2) is 0 Å². The van der Waals surface area contributed by atoms with Crippen molar-refractivity contribution in [2.75, 3.05) is 11.9 Å². The highest BCUT2D eigenvalue weighted by molar-refractivity contribution is 6.00. The highest BCUT2D eigenvalue weighted by Crippen LogP contribution is 2.28. The van der Waals surface area contributed by atoms with Crippen molar-refractivity contribution in [1.82, 2.24) is 15.0 Å². The van der Waals surface area contributed by atoms with Gasteiger partial charge < -0.3 is 10.1 Å². The van der Waals surface area contributed by atoms with E-state index in [1.165, 1.54) is 0 Å². The predicted molar refractivity (Wildman–Crippen MR) is 138 cm³/mol. The van der Waals surface area contributed by atoms with Crippen LogP contribution in [0.15, 0.2) is 97.1 Å². The molecule has 0 radical (unpaired) electrons. The Bertz CT molecular complexity index is 1410. The highest BCUT2D eigenvalue weighted by atomic mass is 16.5. The van der Waals surface area contributed by atoms with Gasteiger partial charge in [0.1, 0.15) is 16.8 Å². The molecule has 5 rings (SSSR count). The van der Waals surface area contributed by atoms with Crippen molar-refractivity contribution < 1.29 is 9.53 Å². The van der Waals surface area contributed by atoms with Gasteiger partial charge in [-0.15, -0.1) is 10.2 Å². The average Bonchev–Trinajstić information content (AvgIpc) is 3.29. The summed E-state index contributed by atoms with van der Waals surface area (Å²) in [5.41, 5.74) is 5.82.